The second kappa shape index (κ2) is 6.40. The van der Waals surface area contributed by atoms with Crippen molar-refractivity contribution >= 4 is 11.7 Å². The van der Waals surface area contributed by atoms with Crippen molar-refractivity contribution in [1.29, 1.82) is 0 Å². The minimum absolute atomic E-state index is 0.0159. The summed E-state index contributed by atoms with van der Waals surface area (Å²) in [5, 5.41) is 2.87. The summed E-state index contributed by atoms with van der Waals surface area (Å²) in [7, 11) is 3.35. The number of anilines is 1. The molecule has 0 radical (unpaired) electrons. The molecule has 0 unspecified atom stereocenters. The molecule has 1 N–H and O–H groups in total. The SMILES string of the molecule is CN(C)C(=O)CCCNc1ccc(C(F)(F)F)cn1. The number of hydrogen-bond donors (Lipinski definition) is 1. The van der Waals surface area contributed by atoms with Crippen molar-refractivity contribution in [3.63, 3.8) is 0 Å². The molecule has 0 aliphatic rings. The summed E-state index contributed by atoms with van der Waals surface area (Å²) in [5.74, 6) is 0.382. The smallest absolute Gasteiger partial charge is 0.370 e. The molecule has 1 aromatic rings. The highest BCUT2D eigenvalue weighted by atomic mass is 19.4. The summed E-state index contributed by atoms with van der Waals surface area (Å²) in [5.41, 5.74) is -0.777. The third-order valence-electron chi connectivity index (χ3n) is 2.46. The van der Waals surface area contributed by atoms with Crippen molar-refractivity contribution in [2.45, 2.75) is 19.0 Å². The van der Waals surface area contributed by atoms with E-state index in [9.17, 15) is 18.0 Å². The summed E-state index contributed by atoms with van der Waals surface area (Å²) >= 11 is 0. The molecular weight excluding hydrogens is 259 g/mol. The molecule has 19 heavy (non-hydrogen) atoms. The maximum Gasteiger partial charge on any atom is 0.417 e. The number of pyridine rings is 1. The number of carbonyl (C=O) groups is 1. The lowest BCUT2D eigenvalue weighted by Gasteiger charge is -2.11. The molecule has 7 heteroatoms. The second-order valence-electron chi connectivity index (χ2n) is 4.25. The van der Waals surface area contributed by atoms with Crippen LogP contribution < -0.4 is 5.32 Å². The Morgan fingerprint density at radius 2 is 2.05 bits per heavy atom. The van der Waals surface area contributed by atoms with Gasteiger partial charge in [0.2, 0.25) is 5.91 Å². The predicted octanol–water partition coefficient (Wildman–Crippen LogP) is 2.38. The van der Waals surface area contributed by atoms with E-state index in [1.807, 2.05) is 0 Å². The van der Waals surface area contributed by atoms with Crippen molar-refractivity contribution in [3.8, 4) is 0 Å². The van der Waals surface area contributed by atoms with Crippen molar-refractivity contribution < 1.29 is 18.0 Å². The summed E-state index contributed by atoms with van der Waals surface area (Å²) in [6.07, 6.45) is -2.60. The van der Waals surface area contributed by atoms with E-state index < -0.39 is 11.7 Å². The van der Waals surface area contributed by atoms with Gasteiger partial charge in [-0.05, 0) is 18.6 Å². The zero-order chi connectivity index (χ0) is 14.5. The molecule has 0 spiro atoms. The van der Waals surface area contributed by atoms with Crippen LogP contribution in [0.3, 0.4) is 0 Å². The normalized spacial score (nSPS) is 11.2. The van der Waals surface area contributed by atoms with E-state index in [1.165, 1.54) is 11.0 Å². The standard InChI is InChI=1S/C12H16F3N3O/c1-18(2)11(19)4-3-7-16-10-6-5-9(8-17-10)12(13,14)15/h5-6,8H,3-4,7H2,1-2H3,(H,16,17). The maximum atomic E-state index is 12.3. The van der Waals surface area contributed by atoms with Crippen LogP contribution in [-0.2, 0) is 11.0 Å². The molecular formula is C12H16F3N3O. The molecule has 106 valence electrons. The van der Waals surface area contributed by atoms with E-state index in [2.05, 4.69) is 10.3 Å². The summed E-state index contributed by atoms with van der Waals surface area (Å²) < 4.78 is 36.9. The van der Waals surface area contributed by atoms with Crippen molar-refractivity contribution in [2.75, 3.05) is 26.0 Å². The predicted molar refractivity (Wildman–Crippen MR) is 65.7 cm³/mol. The van der Waals surface area contributed by atoms with Gasteiger partial charge in [-0.15, -0.1) is 0 Å². The number of alkyl halides is 3. The third-order valence-corrected chi connectivity index (χ3v) is 2.46. The molecule has 0 saturated heterocycles. The Morgan fingerprint density at radius 1 is 1.37 bits per heavy atom. The van der Waals surface area contributed by atoms with Crippen LogP contribution in [-0.4, -0.2) is 36.4 Å². The van der Waals surface area contributed by atoms with Gasteiger partial charge in [-0.25, -0.2) is 4.98 Å². The van der Waals surface area contributed by atoms with Gasteiger partial charge >= 0.3 is 6.18 Å². The summed E-state index contributed by atoms with van der Waals surface area (Å²) in [4.78, 5) is 16.4. The first kappa shape index (κ1) is 15.3. The maximum absolute atomic E-state index is 12.3. The van der Waals surface area contributed by atoms with Gasteiger partial charge in [0.1, 0.15) is 5.82 Å². The van der Waals surface area contributed by atoms with Gasteiger partial charge in [0.25, 0.3) is 0 Å². The fraction of sp³-hybridized carbons (Fsp3) is 0.500. The van der Waals surface area contributed by atoms with E-state index in [0.29, 0.717) is 25.2 Å². The van der Waals surface area contributed by atoms with Gasteiger partial charge in [-0.2, -0.15) is 13.2 Å². The Kier molecular flexibility index (Phi) is 5.14. The van der Waals surface area contributed by atoms with Gasteiger partial charge < -0.3 is 10.2 Å². The number of nitrogens with one attached hydrogen (secondary N) is 1. The summed E-state index contributed by atoms with van der Waals surface area (Å²) in [6.45, 7) is 0.484. The first-order valence-electron chi connectivity index (χ1n) is 5.78. The minimum Gasteiger partial charge on any atom is -0.370 e. The molecule has 0 saturated carbocycles. The van der Waals surface area contributed by atoms with Gasteiger partial charge in [0.15, 0.2) is 0 Å². The number of carbonyl (C=O) groups excluding carboxylic acids is 1. The molecule has 1 rings (SSSR count). The van der Waals surface area contributed by atoms with Crippen LogP contribution in [0.25, 0.3) is 0 Å². The Balaban J connectivity index is 2.37. The Morgan fingerprint density at radius 3 is 2.53 bits per heavy atom. The third kappa shape index (κ3) is 5.15. The molecule has 1 aromatic heterocycles. The highest BCUT2D eigenvalue weighted by Gasteiger charge is 2.30. The van der Waals surface area contributed by atoms with Crippen molar-refractivity contribution in [2.24, 2.45) is 0 Å². The molecule has 0 aliphatic carbocycles. The van der Waals surface area contributed by atoms with Crippen LogP contribution >= 0.6 is 0 Å². The number of amides is 1. The highest BCUT2D eigenvalue weighted by Crippen LogP contribution is 2.28. The lowest BCUT2D eigenvalue weighted by atomic mass is 10.2. The van der Waals surface area contributed by atoms with Gasteiger partial charge in [0.05, 0.1) is 5.56 Å². The fourth-order valence-electron chi connectivity index (χ4n) is 1.35. The number of rotatable bonds is 5. The molecule has 0 bridgehead atoms. The number of hydrogen-bond acceptors (Lipinski definition) is 3. The molecule has 0 fully saturated rings. The van der Waals surface area contributed by atoms with Crippen LogP contribution in [0.5, 0.6) is 0 Å². The highest BCUT2D eigenvalue weighted by molar-refractivity contribution is 5.75. The molecule has 0 atom stereocenters. The second-order valence-corrected chi connectivity index (χ2v) is 4.25. The van der Waals surface area contributed by atoms with Crippen LogP contribution in [0, 0.1) is 0 Å². The van der Waals surface area contributed by atoms with E-state index in [1.54, 1.807) is 14.1 Å². The lowest BCUT2D eigenvalue weighted by molar-refractivity contribution is -0.137. The van der Waals surface area contributed by atoms with Crippen LogP contribution in [0.2, 0.25) is 0 Å². The molecule has 0 aliphatic heterocycles. The Hall–Kier alpha value is -1.79. The van der Waals surface area contributed by atoms with Gasteiger partial charge in [0, 0.05) is 33.3 Å². The van der Waals surface area contributed by atoms with Gasteiger partial charge in [-0.3, -0.25) is 4.79 Å². The first-order valence-corrected chi connectivity index (χ1v) is 5.78. The van der Waals surface area contributed by atoms with E-state index in [0.717, 1.165) is 12.3 Å². The first-order chi connectivity index (χ1) is 8.80. The average Bonchev–Trinajstić information content (AvgIpc) is 2.33. The summed E-state index contributed by atoms with van der Waals surface area (Å²) in [6, 6.07) is 2.25. The minimum atomic E-state index is -4.37. The largest absolute Gasteiger partial charge is 0.417 e. The molecule has 0 aromatic carbocycles. The van der Waals surface area contributed by atoms with E-state index >= 15 is 0 Å². The zero-order valence-electron chi connectivity index (χ0n) is 10.8. The lowest BCUT2D eigenvalue weighted by Crippen LogP contribution is -2.22. The molecule has 1 heterocycles. The van der Waals surface area contributed by atoms with Crippen molar-refractivity contribution in [3.05, 3.63) is 23.9 Å². The topological polar surface area (TPSA) is 45.2 Å². The Labute approximate surface area is 109 Å². The number of nitrogens with zero attached hydrogens (tertiary/aromatic N) is 2. The fourth-order valence-corrected chi connectivity index (χ4v) is 1.35. The zero-order valence-corrected chi connectivity index (χ0v) is 10.8. The van der Waals surface area contributed by atoms with E-state index in [4.69, 9.17) is 0 Å². The molecule has 4 nitrogen and oxygen atoms in total. The quantitative estimate of drug-likeness (QED) is 0.839. The number of aromatic nitrogens is 1. The average molecular weight is 275 g/mol. The van der Waals surface area contributed by atoms with Gasteiger partial charge in [-0.1, -0.05) is 0 Å². The van der Waals surface area contributed by atoms with Crippen LogP contribution in [0.15, 0.2) is 18.3 Å². The van der Waals surface area contributed by atoms with Crippen LogP contribution in [0.1, 0.15) is 18.4 Å². The molecule has 1 amide bonds. The van der Waals surface area contributed by atoms with E-state index in [-0.39, 0.29) is 5.91 Å². The van der Waals surface area contributed by atoms with Crippen LogP contribution in [0.4, 0.5) is 19.0 Å². The Bertz CT molecular complexity index is 415. The number of halogens is 3. The monoisotopic (exact) mass is 275 g/mol. The van der Waals surface area contributed by atoms with Crippen molar-refractivity contribution in [1.82, 2.24) is 9.88 Å².